The molecule has 0 bridgehead atoms. The highest BCUT2D eigenvalue weighted by atomic mass is 35.5. The van der Waals surface area contributed by atoms with Crippen LogP contribution >= 0.6 is 34.5 Å². The summed E-state index contributed by atoms with van der Waals surface area (Å²) in [6.07, 6.45) is 4.74. The third kappa shape index (κ3) is 7.03. The van der Waals surface area contributed by atoms with Gasteiger partial charge in [-0.15, -0.1) is 11.3 Å². The maximum atomic E-state index is 12.5. The first-order valence-corrected chi connectivity index (χ1v) is 13.6. The van der Waals surface area contributed by atoms with Gasteiger partial charge in [-0.05, 0) is 74.1 Å². The minimum atomic E-state index is -1.02. The number of hydrogen-bond acceptors (Lipinski definition) is 8. The van der Waals surface area contributed by atoms with Crippen molar-refractivity contribution in [1.29, 1.82) is 0 Å². The van der Waals surface area contributed by atoms with Crippen LogP contribution in [0, 0.1) is 0 Å². The first kappa shape index (κ1) is 28.3. The van der Waals surface area contributed by atoms with E-state index in [0.29, 0.717) is 27.6 Å². The van der Waals surface area contributed by atoms with Crippen LogP contribution < -0.4 is 15.5 Å². The minimum Gasteiger partial charge on any atom is -0.462 e. The fourth-order valence-corrected chi connectivity index (χ4v) is 5.68. The molecule has 1 aliphatic rings. The van der Waals surface area contributed by atoms with Gasteiger partial charge in [-0.1, -0.05) is 35.3 Å². The number of amides is 2. The van der Waals surface area contributed by atoms with Crippen LogP contribution in [-0.4, -0.2) is 36.6 Å². The molecule has 0 radical (unpaired) electrons. The van der Waals surface area contributed by atoms with Crippen LogP contribution in [0.4, 0.5) is 5.00 Å². The Morgan fingerprint density at radius 3 is 2.59 bits per heavy atom. The molecule has 1 heterocycles. The molecule has 0 aliphatic heterocycles. The second-order valence-electron chi connectivity index (χ2n) is 8.37. The molecule has 0 spiro atoms. The average molecular weight is 588 g/mol. The molecule has 0 fully saturated rings. The van der Waals surface area contributed by atoms with E-state index in [9.17, 15) is 19.2 Å². The lowest BCUT2D eigenvalue weighted by atomic mass is 9.95. The summed E-state index contributed by atoms with van der Waals surface area (Å²) < 4.78 is 10.5. The maximum absolute atomic E-state index is 12.5. The third-order valence-electron chi connectivity index (χ3n) is 5.68. The van der Waals surface area contributed by atoms with E-state index in [1.165, 1.54) is 41.8 Å². The number of hydrogen-bond donors (Lipinski definition) is 2. The van der Waals surface area contributed by atoms with Crippen molar-refractivity contribution < 1.29 is 28.7 Å². The molecule has 4 rings (SSSR count). The second-order valence-corrected chi connectivity index (χ2v) is 10.3. The van der Waals surface area contributed by atoms with Crippen molar-refractivity contribution in [2.45, 2.75) is 32.6 Å². The number of anilines is 1. The smallest absolute Gasteiger partial charge is 0.345 e. The lowest BCUT2D eigenvalue weighted by Gasteiger charge is -2.12. The standard InChI is InChI=1S/C27H23Cl2N3O6S/c1-2-37-27(36)22-19-8-3-4-9-21(19)39-25(22)31-23(33)24(34)32-30-14-15-6-5-7-17(12-15)38-26(35)18-11-10-16(28)13-20(18)29/h5-7,10-14H,2-4,8-9H2,1H3,(H,31,33)(H,32,34)/b30-14-. The van der Waals surface area contributed by atoms with Gasteiger partial charge in [-0.25, -0.2) is 15.0 Å². The predicted molar refractivity (Wildman–Crippen MR) is 149 cm³/mol. The van der Waals surface area contributed by atoms with E-state index < -0.39 is 23.8 Å². The number of ether oxygens (including phenoxy) is 2. The Morgan fingerprint density at radius 2 is 1.82 bits per heavy atom. The zero-order valence-electron chi connectivity index (χ0n) is 20.7. The molecule has 0 saturated carbocycles. The van der Waals surface area contributed by atoms with E-state index >= 15 is 0 Å². The summed E-state index contributed by atoms with van der Waals surface area (Å²) >= 11 is 13.2. The van der Waals surface area contributed by atoms with Crippen molar-refractivity contribution in [3.8, 4) is 5.75 Å². The summed E-state index contributed by atoms with van der Waals surface area (Å²) in [6.45, 7) is 1.90. The summed E-state index contributed by atoms with van der Waals surface area (Å²) in [4.78, 5) is 50.9. The number of fused-ring (bicyclic) bond motifs is 1. The van der Waals surface area contributed by atoms with Crippen LogP contribution in [0.5, 0.6) is 5.75 Å². The van der Waals surface area contributed by atoms with Crippen molar-refractivity contribution in [3.05, 3.63) is 79.6 Å². The first-order valence-electron chi connectivity index (χ1n) is 12.0. The van der Waals surface area contributed by atoms with Gasteiger partial charge in [-0.3, -0.25) is 9.59 Å². The Hall–Kier alpha value is -3.73. The second kappa shape index (κ2) is 12.9. The van der Waals surface area contributed by atoms with Crippen molar-refractivity contribution in [2.75, 3.05) is 11.9 Å². The highest BCUT2D eigenvalue weighted by Crippen LogP contribution is 2.38. The molecule has 12 heteroatoms. The number of carbonyl (C=O) groups excluding carboxylic acids is 4. The minimum absolute atomic E-state index is 0.149. The van der Waals surface area contributed by atoms with E-state index in [4.69, 9.17) is 32.7 Å². The molecule has 0 atom stereocenters. The van der Waals surface area contributed by atoms with Gasteiger partial charge < -0.3 is 14.8 Å². The number of aryl methyl sites for hydroxylation is 1. The molecular weight excluding hydrogens is 565 g/mol. The fourth-order valence-electron chi connectivity index (χ4n) is 3.92. The van der Waals surface area contributed by atoms with Gasteiger partial charge >= 0.3 is 23.8 Å². The van der Waals surface area contributed by atoms with Crippen LogP contribution in [0.2, 0.25) is 10.0 Å². The molecule has 39 heavy (non-hydrogen) atoms. The molecule has 3 aromatic rings. The van der Waals surface area contributed by atoms with Gasteiger partial charge in [-0.2, -0.15) is 5.10 Å². The Balaban J connectivity index is 1.38. The monoisotopic (exact) mass is 587 g/mol. The van der Waals surface area contributed by atoms with Gasteiger partial charge in [0, 0.05) is 9.90 Å². The summed E-state index contributed by atoms with van der Waals surface area (Å²) in [5.74, 6) is -2.98. The molecule has 9 nitrogen and oxygen atoms in total. The molecule has 0 unspecified atom stereocenters. The quantitative estimate of drug-likeness (QED) is 0.125. The highest BCUT2D eigenvalue weighted by Gasteiger charge is 2.28. The van der Waals surface area contributed by atoms with Crippen LogP contribution in [-0.2, 0) is 27.2 Å². The van der Waals surface area contributed by atoms with Gasteiger partial charge in [0.05, 0.1) is 29.0 Å². The number of carbonyl (C=O) groups is 4. The molecule has 2 aromatic carbocycles. The topological polar surface area (TPSA) is 123 Å². The van der Waals surface area contributed by atoms with Crippen molar-refractivity contribution in [2.24, 2.45) is 5.10 Å². The number of nitrogens with zero attached hydrogens (tertiary/aromatic N) is 1. The number of hydrazone groups is 1. The Bertz CT molecular complexity index is 1470. The zero-order valence-corrected chi connectivity index (χ0v) is 23.0. The van der Waals surface area contributed by atoms with Gasteiger partial charge in [0.2, 0.25) is 0 Å². The Morgan fingerprint density at radius 1 is 1.03 bits per heavy atom. The summed E-state index contributed by atoms with van der Waals surface area (Å²) in [6, 6.07) is 10.8. The summed E-state index contributed by atoms with van der Waals surface area (Å²) in [5.41, 5.74) is 3.97. The summed E-state index contributed by atoms with van der Waals surface area (Å²) in [7, 11) is 0. The van der Waals surface area contributed by atoms with Gasteiger partial charge in [0.15, 0.2) is 0 Å². The van der Waals surface area contributed by atoms with Crippen LogP contribution in [0.15, 0.2) is 47.6 Å². The number of thiophene rings is 1. The molecule has 1 aromatic heterocycles. The van der Waals surface area contributed by atoms with E-state index in [2.05, 4.69) is 15.8 Å². The SMILES string of the molecule is CCOC(=O)c1c(NC(=O)C(=O)N/N=C\c2cccc(OC(=O)c3ccc(Cl)cc3Cl)c2)sc2c1CCCC2. The normalized spacial score (nSPS) is 12.5. The number of benzene rings is 2. The first-order chi connectivity index (χ1) is 18.8. The van der Waals surface area contributed by atoms with Gasteiger partial charge in [0.25, 0.3) is 0 Å². The number of rotatable bonds is 7. The molecule has 202 valence electrons. The fraction of sp³-hybridized carbons (Fsp3) is 0.222. The zero-order chi connectivity index (χ0) is 27.9. The van der Waals surface area contributed by atoms with Gasteiger partial charge in [0.1, 0.15) is 10.8 Å². The third-order valence-corrected chi connectivity index (χ3v) is 7.44. The van der Waals surface area contributed by atoms with Crippen LogP contribution in [0.3, 0.4) is 0 Å². The Labute approximate surface area is 238 Å². The number of halogens is 2. The van der Waals surface area contributed by atoms with Crippen molar-refractivity contribution in [3.63, 3.8) is 0 Å². The molecule has 2 N–H and O–H groups in total. The average Bonchev–Trinajstić information content (AvgIpc) is 3.26. The van der Waals surface area contributed by atoms with Crippen molar-refractivity contribution in [1.82, 2.24) is 5.43 Å². The van der Waals surface area contributed by atoms with E-state index in [0.717, 1.165) is 29.7 Å². The predicted octanol–water partition coefficient (Wildman–Crippen LogP) is 5.42. The van der Waals surface area contributed by atoms with E-state index in [1.54, 1.807) is 25.1 Å². The van der Waals surface area contributed by atoms with Crippen LogP contribution in [0.25, 0.3) is 0 Å². The maximum Gasteiger partial charge on any atom is 0.345 e. The lowest BCUT2D eigenvalue weighted by molar-refractivity contribution is -0.136. The Kier molecular flexibility index (Phi) is 9.34. The molecular formula is C27H23Cl2N3O6S. The highest BCUT2D eigenvalue weighted by molar-refractivity contribution is 7.17. The summed E-state index contributed by atoms with van der Waals surface area (Å²) in [5, 5.41) is 7.17. The number of nitrogens with one attached hydrogen (secondary N) is 2. The lowest BCUT2D eigenvalue weighted by Crippen LogP contribution is -2.32. The largest absolute Gasteiger partial charge is 0.462 e. The molecule has 0 saturated heterocycles. The van der Waals surface area contributed by atoms with Crippen molar-refractivity contribution >= 4 is 69.5 Å². The van der Waals surface area contributed by atoms with Crippen LogP contribution in [0.1, 0.15) is 56.5 Å². The molecule has 1 aliphatic carbocycles. The van der Waals surface area contributed by atoms with E-state index in [-0.39, 0.29) is 22.9 Å². The number of esters is 2. The molecule has 2 amide bonds. The van der Waals surface area contributed by atoms with E-state index in [1.807, 2.05) is 0 Å².